The maximum absolute atomic E-state index is 12.1. The highest BCUT2D eigenvalue weighted by Crippen LogP contribution is 2.35. The Morgan fingerprint density at radius 1 is 0.688 bits per heavy atom. The molecule has 4 fully saturated rings. The van der Waals surface area contributed by atoms with Crippen molar-refractivity contribution in [2.24, 2.45) is 41.4 Å². The SMILES string of the molecule is CC(C(=O)O)C(C)C(=O)NC1CCCCC1.CC1C(=O)N(C2CCCCC2C(=O)O)C(=O)C1C.CC1C(=O)N(CCC(=O)O)C(=O)C1C. The molecule has 0 radical (unpaired) electrons. The number of likely N-dealkylation sites (tertiary alicyclic amines) is 2. The number of nitrogens with zero attached hydrogens (tertiary/aromatic N) is 2. The number of amides is 5. The van der Waals surface area contributed by atoms with Gasteiger partial charge < -0.3 is 20.6 Å². The van der Waals surface area contributed by atoms with Crippen molar-refractivity contribution in [2.45, 2.75) is 118 Å². The lowest BCUT2D eigenvalue weighted by atomic mass is 9.83. The number of rotatable bonds is 9. The lowest BCUT2D eigenvalue weighted by Crippen LogP contribution is -2.48. The van der Waals surface area contributed by atoms with Gasteiger partial charge in [-0.25, -0.2) is 0 Å². The molecule has 2 aliphatic heterocycles. The fourth-order valence-electron chi connectivity index (χ4n) is 6.49. The van der Waals surface area contributed by atoms with Gasteiger partial charge in [-0.3, -0.25) is 48.2 Å². The van der Waals surface area contributed by atoms with Crippen molar-refractivity contribution in [2.75, 3.05) is 6.54 Å². The van der Waals surface area contributed by atoms with E-state index in [4.69, 9.17) is 10.2 Å². The molecule has 0 aromatic carbocycles. The number of carboxylic acids is 3. The summed E-state index contributed by atoms with van der Waals surface area (Å²) < 4.78 is 0. The van der Waals surface area contributed by atoms with Gasteiger partial charge in [-0.1, -0.05) is 73.6 Å². The second-order valence-corrected chi connectivity index (χ2v) is 13.7. The Hall–Kier alpha value is -3.84. The van der Waals surface area contributed by atoms with E-state index in [-0.39, 0.29) is 72.2 Å². The van der Waals surface area contributed by atoms with E-state index in [1.165, 1.54) is 11.3 Å². The number of nitrogens with one attached hydrogen (secondary N) is 1. The molecule has 270 valence electrons. The number of hydrogen-bond acceptors (Lipinski definition) is 8. The molecule has 4 rings (SSSR count). The molecule has 5 amide bonds. The molecular weight excluding hydrogens is 626 g/mol. The van der Waals surface area contributed by atoms with E-state index in [0.717, 1.165) is 43.4 Å². The van der Waals surface area contributed by atoms with Gasteiger partial charge in [-0.05, 0) is 25.7 Å². The van der Waals surface area contributed by atoms with Crippen LogP contribution in [0, 0.1) is 41.4 Å². The van der Waals surface area contributed by atoms with Crippen LogP contribution in [0.1, 0.15) is 106 Å². The van der Waals surface area contributed by atoms with E-state index in [1.54, 1.807) is 41.5 Å². The summed E-state index contributed by atoms with van der Waals surface area (Å²) in [5, 5.41) is 29.4. The minimum atomic E-state index is -1.00. The van der Waals surface area contributed by atoms with Crippen LogP contribution in [0.2, 0.25) is 0 Å². The molecule has 0 bridgehead atoms. The van der Waals surface area contributed by atoms with Gasteiger partial charge in [0, 0.05) is 42.2 Å². The second-order valence-electron chi connectivity index (χ2n) is 13.7. The highest BCUT2D eigenvalue weighted by Gasteiger charge is 2.49. The fourth-order valence-corrected chi connectivity index (χ4v) is 6.49. The molecule has 14 heteroatoms. The number of carbonyl (C=O) groups excluding carboxylic acids is 5. The van der Waals surface area contributed by atoms with Crippen LogP contribution < -0.4 is 5.32 Å². The van der Waals surface area contributed by atoms with Gasteiger partial charge in [-0.15, -0.1) is 0 Å². The van der Waals surface area contributed by atoms with Gasteiger partial charge in [0.1, 0.15) is 0 Å². The van der Waals surface area contributed by atoms with Gasteiger partial charge in [0.15, 0.2) is 0 Å². The van der Waals surface area contributed by atoms with Crippen LogP contribution in [0.25, 0.3) is 0 Å². The normalized spacial score (nSPS) is 28.9. The summed E-state index contributed by atoms with van der Waals surface area (Å²) in [5.41, 5.74) is 0. The number of carbonyl (C=O) groups is 8. The molecule has 2 aliphatic carbocycles. The minimum absolute atomic E-state index is 0.0122. The third-order valence-electron chi connectivity index (χ3n) is 10.5. The van der Waals surface area contributed by atoms with Gasteiger partial charge in [-0.2, -0.15) is 0 Å². The van der Waals surface area contributed by atoms with Gasteiger partial charge >= 0.3 is 17.9 Å². The first-order valence-electron chi connectivity index (χ1n) is 17.1. The van der Waals surface area contributed by atoms with Crippen LogP contribution in [0.15, 0.2) is 0 Å². The maximum Gasteiger partial charge on any atom is 0.308 e. The van der Waals surface area contributed by atoms with Crippen molar-refractivity contribution in [1.82, 2.24) is 15.1 Å². The molecule has 0 aromatic rings. The first kappa shape index (κ1) is 40.3. The monoisotopic (exact) mass is 679 g/mol. The zero-order valence-electron chi connectivity index (χ0n) is 29.0. The van der Waals surface area contributed by atoms with Crippen LogP contribution in [0.5, 0.6) is 0 Å². The molecule has 4 aliphatic rings. The van der Waals surface area contributed by atoms with Crippen molar-refractivity contribution in [3.05, 3.63) is 0 Å². The molecule has 14 nitrogen and oxygen atoms in total. The van der Waals surface area contributed by atoms with Crippen molar-refractivity contribution in [3.8, 4) is 0 Å². The van der Waals surface area contributed by atoms with Crippen LogP contribution in [-0.2, 0) is 38.4 Å². The highest BCUT2D eigenvalue weighted by atomic mass is 16.4. The maximum atomic E-state index is 12.1. The smallest absolute Gasteiger partial charge is 0.308 e. The van der Waals surface area contributed by atoms with E-state index in [1.807, 2.05) is 0 Å². The zero-order chi connectivity index (χ0) is 36.5. The van der Waals surface area contributed by atoms with Crippen molar-refractivity contribution in [3.63, 3.8) is 0 Å². The quantitative estimate of drug-likeness (QED) is 0.260. The Morgan fingerprint density at radius 2 is 1.15 bits per heavy atom. The fraction of sp³-hybridized carbons (Fsp3) is 0.765. The molecule has 2 saturated carbocycles. The number of hydrogen-bond donors (Lipinski definition) is 4. The van der Waals surface area contributed by atoms with Gasteiger partial charge in [0.25, 0.3) is 0 Å². The van der Waals surface area contributed by atoms with Gasteiger partial charge in [0.2, 0.25) is 29.5 Å². The predicted molar refractivity (Wildman–Crippen MR) is 172 cm³/mol. The first-order valence-corrected chi connectivity index (χ1v) is 17.1. The third-order valence-corrected chi connectivity index (χ3v) is 10.5. The molecule has 2 heterocycles. The molecule has 0 spiro atoms. The Balaban J connectivity index is 0.000000252. The standard InChI is InChI=1S/C13H19NO4.C12H21NO3.C9H13NO4/c1-7-8(2)12(16)14(11(7)15)10-6-4-3-5-9(10)13(17)18;1-8(9(2)12(15)16)11(14)13-10-6-4-3-5-7-10;1-5-6(2)9(14)10(8(5)13)4-3-7(11)12/h7-10H,3-6H2,1-2H3,(H,17,18);8-10H,3-7H2,1-2H3,(H,13,14)(H,15,16);5-6H,3-4H2,1-2H3,(H,11,12). The number of imide groups is 2. The van der Waals surface area contributed by atoms with Crippen LogP contribution >= 0.6 is 0 Å². The van der Waals surface area contributed by atoms with E-state index in [0.29, 0.717) is 12.8 Å². The zero-order valence-corrected chi connectivity index (χ0v) is 29.0. The first-order chi connectivity index (χ1) is 22.4. The summed E-state index contributed by atoms with van der Waals surface area (Å²) in [6.45, 7) is 10.1. The summed E-state index contributed by atoms with van der Waals surface area (Å²) in [4.78, 5) is 93.5. The average Bonchev–Trinajstić information content (AvgIpc) is 3.36. The van der Waals surface area contributed by atoms with E-state index >= 15 is 0 Å². The Morgan fingerprint density at radius 3 is 1.60 bits per heavy atom. The number of aliphatic carboxylic acids is 3. The molecule has 8 atom stereocenters. The van der Waals surface area contributed by atoms with Crippen molar-refractivity contribution in [1.29, 1.82) is 0 Å². The lowest BCUT2D eigenvalue weighted by Gasteiger charge is -2.34. The van der Waals surface area contributed by atoms with E-state index in [2.05, 4.69) is 5.32 Å². The summed E-state index contributed by atoms with van der Waals surface area (Å²) in [7, 11) is 0. The van der Waals surface area contributed by atoms with Crippen LogP contribution in [0.4, 0.5) is 0 Å². The number of carboxylic acid groups (broad SMARTS) is 3. The van der Waals surface area contributed by atoms with Crippen LogP contribution in [0.3, 0.4) is 0 Å². The average molecular weight is 680 g/mol. The second kappa shape index (κ2) is 18.1. The van der Waals surface area contributed by atoms with E-state index < -0.39 is 41.7 Å². The molecule has 4 N–H and O–H groups in total. The van der Waals surface area contributed by atoms with Crippen molar-refractivity contribution >= 4 is 47.4 Å². The molecule has 0 aromatic heterocycles. The predicted octanol–water partition coefficient (Wildman–Crippen LogP) is 3.17. The summed E-state index contributed by atoms with van der Waals surface area (Å²) in [5.74, 6) is -6.83. The Labute approximate surface area is 282 Å². The summed E-state index contributed by atoms with van der Waals surface area (Å²) in [6, 6.07) is -0.187. The van der Waals surface area contributed by atoms with E-state index in [9.17, 15) is 43.5 Å². The van der Waals surface area contributed by atoms with Gasteiger partial charge in [0.05, 0.1) is 24.3 Å². The molecule has 8 unspecified atom stereocenters. The molecule has 48 heavy (non-hydrogen) atoms. The Bertz CT molecular complexity index is 1190. The summed E-state index contributed by atoms with van der Waals surface area (Å²) in [6.07, 6.45) is 8.35. The summed E-state index contributed by atoms with van der Waals surface area (Å²) >= 11 is 0. The molecular formula is C34H53N3O11. The highest BCUT2D eigenvalue weighted by molar-refractivity contribution is 6.05. The Kier molecular flexibility index (Phi) is 15.2. The minimum Gasteiger partial charge on any atom is -0.481 e. The topological polar surface area (TPSA) is 216 Å². The third kappa shape index (κ3) is 10.1. The van der Waals surface area contributed by atoms with Crippen molar-refractivity contribution < 1.29 is 53.7 Å². The lowest BCUT2D eigenvalue weighted by molar-refractivity contribution is -0.152. The van der Waals surface area contributed by atoms with Crippen LogP contribution in [-0.4, -0.2) is 91.2 Å². The molecule has 2 saturated heterocycles. The largest absolute Gasteiger partial charge is 0.481 e.